The molecule has 3 N–H and O–H groups in total. The van der Waals surface area contributed by atoms with E-state index in [4.69, 9.17) is 0 Å². The second kappa shape index (κ2) is 5.07. The van der Waals surface area contributed by atoms with Gasteiger partial charge >= 0.3 is 0 Å². The Balaban J connectivity index is 2.30. The van der Waals surface area contributed by atoms with Crippen LogP contribution < -0.4 is 10.2 Å². The summed E-state index contributed by atoms with van der Waals surface area (Å²) in [6, 6.07) is 1.83. The van der Waals surface area contributed by atoms with Crippen molar-refractivity contribution in [3.8, 4) is 0 Å². The van der Waals surface area contributed by atoms with Gasteiger partial charge in [0.05, 0.1) is 12.2 Å². The number of nitrogens with zero attached hydrogens (tertiary/aromatic N) is 3. The molecule has 0 aliphatic carbocycles. The molecule has 1 aliphatic heterocycles. The molecule has 0 aromatic carbocycles. The second-order valence-electron chi connectivity index (χ2n) is 4.91. The van der Waals surface area contributed by atoms with Crippen LogP contribution in [0.1, 0.15) is 25.6 Å². The lowest BCUT2D eigenvalue weighted by molar-refractivity contribution is 0.0572. The quantitative estimate of drug-likeness (QED) is 0.712. The lowest BCUT2D eigenvalue weighted by Crippen LogP contribution is -2.23. The molecule has 0 radical (unpaired) electrons. The number of aromatic nitrogens is 2. The monoisotopic (exact) mass is 252 g/mol. The Morgan fingerprint density at radius 3 is 2.39 bits per heavy atom. The molecule has 0 bridgehead atoms. The smallest absolute Gasteiger partial charge is 0.135 e. The zero-order valence-corrected chi connectivity index (χ0v) is 11.0. The predicted molar refractivity (Wildman–Crippen MR) is 69.9 cm³/mol. The number of hydrogen-bond acceptors (Lipinski definition) is 6. The summed E-state index contributed by atoms with van der Waals surface area (Å²) in [7, 11) is 1.81. The summed E-state index contributed by atoms with van der Waals surface area (Å²) in [4.78, 5) is 10.8. The van der Waals surface area contributed by atoms with E-state index < -0.39 is 12.2 Å². The molecule has 1 saturated heterocycles. The van der Waals surface area contributed by atoms with Gasteiger partial charge < -0.3 is 20.4 Å². The minimum atomic E-state index is -0.708. The molecule has 2 rings (SSSR count). The molecule has 1 aromatic heterocycles. The maximum absolute atomic E-state index is 9.58. The summed E-state index contributed by atoms with van der Waals surface area (Å²) < 4.78 is 0. The molecular weight excluding hydrogens is 232 g/mol. The van der Waals surface area contributed by atoms with E-state index in [0.29, 0.717) is 13.1 Å². The number of aliphatic hydroxyl groups is 2. The molecule has 0 spiro atoms. The summed E-state index contributed by atoms with van der Waals surface area (Å²) in [5.74, 6) is 2.48. The van der Waals surface area contributed by atoms with Crippen molar-refractivity contribution in [3.63, 3.8) is 0 Å². The minimum absolute atomic E-state index is 0.231. The maximum Gasteiger partial charge on any atom is 0.135 e. The Kier molecular flexibility index (Phi) is 3.68. The summed E-state index contributed by atoms with van der Waals surface area (Å²) in [6.45, 7) is 4.87. The number of aliphatic hydroxyl groups excluding tert-OH is 2. The van der Waals surface area contributed by atoms with Crippen molar-refractivity contribution >= 4 is 11.6 Å². The Bertz CT molecular complexity index is 415. The van der Waals surface area contributed by atoms with Crippen LogP contribution in [0.4, 0.5) is 11.6 Å². The van der Waals surface area contributed by atoms with Gasteiger partial charge in [0.15, 0.2) is 0 Å². The van der Waals surface area contributed by atoms with E-state index in [9.17, 15) is 10.2 Å². The van der Waals surface area contributed by atoms with Crippen LogP contribution in [0.3, 0.4) is 0 Å². The van der Waals surface area contributed by atoms with Crippen LogP contribution in [0, 0.1) is 0 Å². The molecule has 6 heteroatoms. The first-order valence-electron chi connectivity index (χ1n) is 6.19. The fourth-order valence-corrected chi connectivity index (χ4v) is 1.96. The van der Waals surface area contributed by atoms with Gasteiger partial charge in [0.25, 0.3) is 0 Å². The van der Waals surface area contributed by atoms with Crippen LogP contribution in [0.2, 0.25) is 0 Å². The SMILES string of the molecule is CNc1cc(N2CC(O)C(O)C2)nc(C(C)C)n1. The van der Waals surface area contributed by atoms with Crippen LogP contribution in [0.25, 0.3) is 0 Å². The molecule has 0 saturated carbocycles. The Morgan fingerprint density at radius 2 is 1.89 bits per heavy atom. The summed E-state index contributed by atoms with van der Waals surface area (Å²) >= 11 is 0. The molecule has 1 aliphatic rings. The van der Waals surface area contributed by atoms with Gasteiger partial charge in [-0.15, -0.1) is 0 Å². The third kappa shape index (κ3) is 2.54. The van der Waals surface area contributed by atoms with Crippen molar-refractivity contribution in [3.05, 3.63) is 11.9 Å². The number of β-amino-alcohol motifs (C(OH)–C–C–N with tert-alkyl or cyclic N) is 2. The van der Waals surface area contributed by atoms with Crippen LogP contribution in [-0.4, -0.2) is 52.5 Å². The number of anilines is 2. The summed E-state index contributed by atoms with van der Waals surface area (Å²) in [5, 5.41) is 22.2. The first kappa shape index (κ1) is 13.0. The van der Waals surface area contributed by atoms with Gasteiger partial charge in [-0.2, -0.15) is 0 Å². The molecule has 1 aromatic rings. The summed E-state index contributed by atoms with van der Waals surface area (Å²) in [5.41, 5.74) is 0. The van der Waals surface area contributed by atoms with Crippen molar-refractivity contribution in [2.45, 2.75) is 32.0 Å². The van der Waals surface area contributed by atoms with Crippen LogP contribution in [0.15, 0.2) is 6.07 Å². The second-order valence-corrected chi connectivity index (χ2v) is 4.91. The van der Waals surface area contributed by atoms with E-state index in [0.717, 1.165) is 17.5 Å². The molecule has 2 unspecified atom stereocenters. The zero-order valence-electron chi connectivity index (χ0n) is 11.0. The Labute approximate surface area is 107 Å². The average Bonchev–Trinajstić information content (AvgIpc) is 2.69. The highest BCUT2D eigenvalue weighted by atomic mass is 16.3. The molecule has 6 nitrogen and oxygen atoms in total. The standard InChI is InChI=1S/C12H20N4O2/c1-7(2)12-14-10(13-3)4-11(15-12)16-5-8(17)9(18)6-16/h4,7-9,17-18H,5-6H2,1-3H3,(H,13,14,15). The first-order chi connectivity index (χ1) is 8.51. The van der Waals surface area contributed by atoms with Gasteiger partial charge in [-0.25, -0.2) is 9.97 Å². The molecule has 2 atom stereocenters. The van der Waals surface area contributed by atoms with Crippen LogP contribution >= 0.6 is 0 Å². The number of hydrogen-bond donors (Lipinski definition) is 3. The van der Waals surface area contributed by atoms with Crippen molar-refractivity contribution in [1.29, 1.82) is 0 Å². The normalized spacial score (nSPS) is 23.8. The first-order valence-corrected chi connectivity index (χ1v) is 6.19. The van der Waals surface area contributed by atoms with Gasteiger partial charge in [-0.1, -0.05) is 13.8 Å². The molecule has 0 amide bonds. The van der Waals surface area contributed by atoms with Gasteiger partial charge in [0.2, 0.25) is 0 Å². The average molecular weight is 252 g/mol. The van der Waals surface area contributed by atoms with Crippen LogP contribution in [0.5, 0.6) is 0 Å². The van der Waals surface area contributed by atoms with Crippen molar-refractivity contribution in [2.75, 3.05) is 30.4 Å². The van der Waals surface area contributed by atoms with E-state index >= 15 is 0 Å². The van der Waals surface area contributed by atoms with E-state index in [-0.39, 0.29) is 5.92 Å². The van der Waals surface area contributed by atoms with Gasteiger partial charge in [0, 0.05) is 32.1 Å². The van der Waals surface area contributed by atoms with E-state index in [1.165, 1.54) is 0 Å². The maximum atomic E-state index is 9.58. The third-order valence-corrected chi connectivity index (χ3v) is 3.09. The lowest BCUT2D eigenvalue weighted by Gasteiger charge is -2.18. The van der Waals surface area contributed by atoms with Crippen molar-refractivity contribution in [2.24, 2.45) is 0 Å². The fraction of sp³-hybridized carbons (Fsp3) is 0.667. The Hall–Kier alpha value is -1.40. The molecule has 1 fully saturated rings. The predicted octanol–water partition coefficient (Wildman–Crippen LogP) is 0.183. The number of nitrogens with one attached hydrogen (secondary N) is 1. The lowest BCUT2D eigenvalue weighted by atomic mass is 10.2. The van der Waals surface area contributed by atoms with Gasteiger partial charge in [-0.05, 0) is 0 Å². The molecular formula is C12H20N4O2. The largest absolute Gasteiger partial charge is 0.389 e. The minimum Gasteiger partial charge on any atom is -0.389 e. The highest BCUT2D eigenvalue weighted by Crippen LogP contribution is 2.23. The molecule has 100 valence electrons. The molecule has 2 heterocycles. The number of rotatable bonds is 3. The topological polar surface area (TPSA) is 81.5 Å². The zero-order chi connectivity index (χ0) is 13.3. The van der Waals surface area contributed by atoms with E-state index in [1.54, 1.807) is 0 Å². The van der Waals surface area contributed by atoms with Crippen molar-refractivity contribution < 1.29 is 10.2 Å². The van der Waals surface area contributed by atoms with Gasteiger partial charge in [0.1, 0.15) is 17.5 Å². The highest BCUT2D eigenvalue weighted by molar-refractivity contribution is 5.50. The van der Waals surface area contributed by atoms with E-state index in [2.05, 4.69) is 15.3 Å². The van der Waals surface area contributed by atoms with E-state index in [1.807, 2.05) is 31.9 Å². The Morgan fingerprint density at radius 1 is 1.28 bits per heavy atom. The molecule has 18 heavy (non-hydrogen) atoms. The summed E-state index contributed by atoms with van der Waals surface area (Å²) in [6.07, 6.45) is -1.42. The van der Waals surface area contributed by atoms with Crippen molar-refractivity contribution in [1.82, 2.24) is 9.97 Å². The fourth-order valence-electron chi connectivity index (χ4n) is 1.96. The van der Waals surface area contributed by atoms with Crippen LogP contribution in [-0.2, 0) is 0 Å². The highest BCUT2D eigenvalue weighted by Gasteiger charge is 2.30. The third-order valence-electron chi connectivity index (χ3n) is 3.09. The van der Waals surface area contributed by atoms with Gasteiger partial charge in [-0.3, -0.25) is 0 Å².